The second-order valence-corrected chi connectivity index (χ2v) is 11.1. The van der Waals surface area contributed by atoms with Crippen LogP contribution in [0, 0.1) is 12.7 Å². The highest BCUT2D eigenvalue weighted by molar-refractivity contribution is 7.92. The van der Waals surface area contributed by atoms with Gasteiger partial charge < -0.3 is 5.32 Å². The van der Waals surface area contributed by atoms with Crippen LogP contribution in [0.4, 0.5) is 10.1 Å². The minimum absolute atomic E-state index is 0.0634. The Hall–Kier alpha value is -3.19. The van der Waals surface area contributed by atoms with Crippen molar-refractivity contribution in [2.75, 3.05) is 10.8 Å². The Morgan fingerprint density at radius 3 is 2.15 bits per heavy atom. The van der Waals surface area contributed by atoms with Crippen LogP contribution in [-0.4, -0.2) is 26.9 Å². The van der Waals surface area contributed by atoms with Gasteiger partial charge in [0.05, 0.1) is 10.6 Å². The molecule has 7 heteroatoms. The van der Waals surface area contributed by atoms with Gasteiger partial charge in [-0.15, -0.1) is 0 Å². The first-order valence-electron chi connectivity index (χ1n) is 11.2. The van der Waals surface area contributed by atoms with Gasteiger partial charge in [0.2, 0.25) is 5.91 Å². The van der Waals surface area contributed by atoms with E-state index < -0.39 is 28.3 Å². The molecule has 1 amide bonds. The molecule has 0 radical (unpaired) electrons. The average molecular weight is 483 g/mol. The van der Waals surface area contributed by atoms with Crippen LogP contribution in [0.2, 0.25) is 0 Å². The molecule has 3 aromatic rings. The van der Waals surface area contributed by atoms with Gasteiger partial charge in [0, 0.05) is 6.04 Å². The van der Waals surface area contributed by atoms with Gasteiger partial charge in [-0.25, -0.2) is 12.8 Å². The Morgan fingerprint density at radius 2 is 1.56 bits per heavy atom. The number of anilines is 1. The lowest BCUT2D eigenvalue weighted by molar-refractivity contribution is -0.120. The van der Waals surface area contributed by atoms with Crippen molar-refractivity contribution < 1.29 is 17.6 Å². The lowest BCUT2D eigenvalue weighted by atomic mass is 9.79. The highest BCUT2D eigenvalue weighted by atomic mass is 32.2. The fourth-order valence-corrected chi connectivity index (χ4v) is 5.46. The molecule has 0 heterocycles. The van der Waals surface area contributed by atoms with Gasteiger partial charge >= 0.3 is 0 Å². The number of aryl methyl sites for hydroxylation is 1. The maximum absolute atomic E-state index is 13.5. The molecule has 1 N–H and O–H groups in total. The summed E-state index contributed by atoms with van der Waals surface area (Å²) in [7, 11) is -4.04. The summed E-state index contributed by atoms with van der Waals surface area (Å²) in [5.74, 6) is -0.922. The molecule has 0 saturated carbocycles. The summed E-state index contributed by atoms with van der Waals surface area (Å²) in [5, 5.41) is 2.93. The minimum Gasteiger partial charge on any atom is -0.352 e. The summed E-state index contributed by atoms with van der Waals surface area (Å²) >= 11 is 0. The first-order valence-corrected chi connectivity index (χ1v) is 12.6. The van der Waals surface area contributed by atoms with E-state index in [1.165, 1.54) is 36.4 Å². The number of amides is 1. The minimum atomic E-state index is -4.04. The molecule has 0 aromatic heterocycles. The standard InChI is InChI=1S/C27H31FN2O3S/c1-20-10-16-25(17-11-20)34(32,33)30(24-14-12-23(28)13-15-24)19-26(31)29-21(2)18-27(3,4)22-8-6-5-7-9-22/h5-17,21H,18-19H2,1-4H3,(H,29,31). The zero-order valence-corrected chi connectivity index (χ0v) is 20.8. The Balaban J connectivity index is 1.80. The normalized spacial score (nSPS) is 12.7. The van der Waals surface area contributed by atoms with Gasteiger partial charge in [-0.2, -0.15) is 0 Å². The third-order valence-electron chi connectivity index (χ3n) is 5.79. The van der Waals surface area contributed by atoms with Gasteiger partial charge in [0.25, 0.3) is 10.0 Å². The van der Waals surface area contributed by atoms with E-state index in [0.717, 1.165) is 15.4 Å². The van der Waals surface area contributed by atoms with Crippen molar-refractivity contribution in [3.63, 3.8) is 0 Å². The molecule has 3 rings (SSSR count). The second-order valence-electron chi connectivity index (χ2n) is 9.22. The molecule has 0 bridgehead atoms. The molecule has 5 nitrogen and oxygen atoms in total. The Labute approximate surface area is 201 Å². The largest absolute Gasteiger partial charge is 0.352 e. The fraction of sp³-hybridized carbons (Fsp3) is 0.296. The lowest BCUT2D eigenvalue weighted by Crippen LogP contribution is -2.45. The molecule has 3 aromatic carbocycles. The van der Waals surface area contributed by atoms with Crippen LogP contribution < -0.4 is 9.62 Å². The predicted octanol–water partition coefficient (Wildman–Crippen LogP) is 5.20. The topological polar surface area (TPSA) is 66.5 Å². The smallest absolute Gasteiger partial charge is 0.264 e. The van der Waals surface area contributed by atoms with Crippen LogP contribution in [0.25, 0.3) is 0 Å². The quantitative estimate of drug-likeness (QED) is 0.456. The summed E-state index contributed by atoms with van der Waals surface area (Å²) in [5.41, 5.74) is 2.11. The Bertz CT molecular complexity index is 1210. The second kappa shape index (κ2) is 10.4. The van der Waals surface area contributed by atoms with Crippen molar-refractivity contribution in [1.82, 2.24) is 5.32 Å². The van der Waals surface area contributed by atoms with Crippen molar-refractivity contribution in [3.8, 4) is 0 Å². The molecule has 0 aliphatic rings. The predicted molar refractivity (Wildman–Crippen MR) is 134 cm³/mol. The molecule has 34 heavy (non-hydrogen) atoms. The number of hydrogen-bond acceptors (Lipinski definition) is 3. The van der Waals surface area contributed by atoms with Crippen LogP contribution >= 0.6 is 0 Å². The number of nitrogens with one attached hydrogen (secondary N) is 1. The van der Waals surface area contributed by atoms with Gasteiger partial charge in [-0.05, 0) is 67.6 Å². The molecule has 0 saturated heterocycles. The Kier molecular flexibility index (Phi) is 7.77. The number of halogens is 1. The summed E-state index contributed by atoms with van der Waals surface area (Å²) in [6, 6.07) is 21.3. The monoisotopic (exact) mass is 482 g/mol. The van der Waals surface area contributed by atoms with E-state index in [1.807, 2.05) is 32.0 Å². The van der Waals surface area contributed by atoms with E-state index in [2.05, 4.69) is 31.3 Å². The third-order valence-corrected chi connectivity index (χ3v) is 7.58. The van der Waals surface area contributed by atoms with E-state index in [-0.39, 0.29) is 22.0 Å². The zero-order valence-electron chi connectivity index (χ0n) is 20.0. The fourth-order valence-electron chi connectivity index (χ4n) is 4.03. The third kappa shape index (κ3) is 6.23. The number of benzene rings is 3. The van der Waals surface area contributed by atoms with E-state index in [0.29, 0.717) is 6.42 Å². The first kappa shape index (κ1) is 25.4. The molecule has 0 spiro atoms. The van der Waals surface area contributed by atoms with Gasteiger partial charge in [0.15, 0.2) is 0 Å². The number of hydrogen-bond donors (Lipinski definition) is 1. The zero-order chi connectivity index (χ0) is 24.9. The van der Waals surface area contributed by atoms with Gasteiger partial charge in [-0.3, -0.25) is 9.10 Å². The van der Waals surface area contributed by atoms with Crippen molar-refractivity contribution in [2.45, 2.75) is 50.5 Å². The van der Waals surface area contributed by atoms with Crippen molar-refractivity contribution in [3.05, 3.63) is 95.8 Å². The number of nitrogens with zero attached hydrogens (tertiary/aromatic N) is 1. The summed E-state index contributed by atoms with van der Waals surface area (Å²) in [4.78, 5) is 13.0. The molecule has 0 fully saturated rings. The van der Waals surface area contributed by atoms with Crippen molar-refractivity contribution in [2.24, 2.45) is 0 Å². The van der Waals surface area contributed by atoms with E-state index >= 15 is 0 Å². The van der Waals surface area contributed by atoms with Crippen molar-refractivity contribution in [1.29, 1.82) is 0 Å². The number of carbonyl (C=O) groups is 1. The van der Waals surface area contributed by atoms with Crippen LogP contribution in [0.5, 0.6) is 0 Å². The van der Waals surface area contributed by atoms with Gasteiger partial charge in [0.1, 0.15) is 12.4 Å². The molecule has 0 aliphatic heterocycles. The lowest BCUT2D eigenvalue weighted by Gasteiger charge is -2.30. The number of carbonyl (C=O) groups excluding carboxylic acids is 1. The molecule has 1 unspecified atom stereocenters. The van der Waals surface area contributed by atoms with Crippen LogP contribution in [0.1, 0.15) is 38.3 Å². The number of sulfonamides is 1. The molecule has 180 valence electrons. The average Bonchev–Trinajstić information content (AvgIpc) is 2.78. The van der Waals surface area contributed by atoms with Crippen molar-refractivity contribution >= 4 is 21.6 Å². The molecule has 0 aliphatic carbocycles. The van der Waals surface area contributed by atoms with Gasteiger partial charge in [-0.1, -0.05) is 61.9 Å². The maximum Gasteiger partial charge on any atom is 0.264 e. The number of rotatable bonds is 9. The summed E-state index contributed by atoms with van der Waals surface area (Å²) in [6.07, 6.45) is 0.671. The van der Waals surface area contributed by atoms with E-state index in [4.69, 9.17) is 0 Å². The molecular weight excluding hydrogens is 451 g/mol. The maximum atomic E-state index is 13.5. The van der Waals surface area contributed by atoms with E-state index in [1.54, 1.807) is 12.1 Å². The van der Waals surface area contributed by atoms with Crippen LogP contribution in [-0.2, 0) is 20.2 Å². The highest BCUT2D eigenvalue weighted by Gasteiger charge is 2.29. The molecule has 1 atom stereocenters. The summed E-state index contributed by atoms with van der Waals surface area (Å²) in [6.45, 7) is 7.56. The highest BCUT2D eigenvalue weighted by Crippen LogP contribution is 2.28. The van der Waals surface area contributed by atoms with E-state index in [9.17, 15) is 17.6 Å². The summed E-state index contributed by atoms with van der Waals surface area (Å²) < 4.78 is 41.3. The molecular formula is C27H31FN2O3S. The SMILES string of the molecule is Cc1ccc(S(=O)(=O)N(CC(=O)NC(C)CC(C)(C)c2ccccc2)c2ccc(F)cc2)cc1. The van der Waals surface area contributed by atoms with Crippen LogP contribution in [0.15, 0.2) is 83.8 Å². The Morgan fingerprint density at radius 1 is 0.971 bits per heavy atom. The van der Waals surface area contributed by atoms with Crippen LogP contribution in [0.3, 0.4) is 0 Å². The first-order chi connectivity index (χ1) is 16.0.